The van der Waals surface area contributed by atoms with E-state index in [1.807, 2.05) is 60.3 Å². The van der Waals surface area contributed by atoms with E-state index >= 15 is 0 Å². The fraction of sp³-hybridized carbons (Fsp3) is 0.333. The van der Waals surface area contributed by atoms with Gasteiger partial charge in [-0.25, -0.2) is 4.68 Å². The molecule has 0 bridgehead atoms. The highest BCUT2D eigenvalue weighted by Gasteiger charge is 2.33. The van der Waals surface area contributed by atoms with Gasteiger partial charge in [0.05, 0.1) is 58.8 Å². The highest BCUT2D eigenvalue weighted by molar-refractivity contribution is 6.00. The van der Waals surface area contributed by atoms with Crippen molar-refractivity contribution in [2.24, 2.45) is 0 Å². The number of benzene rings is 3. The van der Waals surface area contributed by atoms with Gasteiger partial charge in [0, 0.05) is 28.5 Å². The van der Waals surface area contributed by atoms with Crippen molar-refractivity contribution in [1.82, 2.24) is 15.0 Å². The molecule has 0 radical (unpaired) electrons. The molecule has 8 nitrogen and oxygen atoms in total. The monoisotopic (exact) mass is 475 g/mol. The lowest BCUT2D eigenvalue weighted by Crippen LogP contribution is -2.30. The second-order valence-electron chi connectivity index (χ2n) is 8.50. The molecule has 1 aromatic heterocycles. The van der Waals surface area contributed by atoms with Gasteiger partial charge in [0.15, 0.2) is 0 Å². The summed E-state index contributed by atoms with van der Waals surface area (Å²) in [4.78, 5) is 0. The van der Waals surface area contributed by atoms with E-state index in [-0.39, 0.29) is 12.2 Å². The van der Waals surface area contributed by atoms with Crippen LogP contribution in [0, 0.1) is 0 Å². The molecule has 1 aliphatic rings. The molecule has 182 valence electrons. The van der Waals surface area contributed by atoms with E-state index in [1.165, 1.54) is 0 Å². The fourth-order valence-electron chi connectivity index (χ4n) is 4.99. The first-order valence-electron chi connectivity index (χ1n) is 11.5. The number of hydrogen-bond donors (Lipinski definition) is 0. The van der Waals surface area contributed by atoms with Crippen molar-refractivity contribution in [2.75, 3.05) is 28.4 Å². The molecule has 8 heteroatoms. The van der Waals surface area contributed by atoms with Gasteiger partial charge in [-0.3, -0.25) is 0 Å². The van der Waals surface area contributed by atoms with Gasteiger partial charge in [-0.15, -0.1) is 5.10 Å². The summed E-state index contributed by atoms with van der Waals surface area (Å²) in [6.45, 7) is 2.60. The Morgan fingerprint density at radius 1 is 0.943 bits per heavy atom. The first-order chi connectivity index (χ1) is 17.1. The highest BCUT2D eigenvalue weighted by Crippen LogP contribution is 2.50. The van der Waals surface area contributed by atoms with Gasteiger partial charge >= 0.3 is 0 Å². The predicted molar refractivity (Wildman–Crippen MR) is 133 cm³/mol. The van der Waals surface area contributed by atoms with Crippen LogP contribution in [0.3, 0.4) is 0 Å². The van der Waals surface area contributed by atoms with Gasteiger partial charge in [-0.1, -0.05) is 17.3 Å². The molecule has 2 heterocycles. The topological polar surface area (TPSA) is 76.9 Å². The van der Waals surface area contributed by atoms with Crippen molar-refractivity contribution in [1.29, 1.82) is 0 Å². The summed E-state index contributed by atoms with van der Waals surface area (Å²) in [6, 6.07) is 13.7. The number of ether oxygens (including phenoxy) is 5. The van der Waals surface area contributed by atoms with Crippen LogP contribution in [0.15, 0.2) is 48.7 Å². The average Bonchev–Trinajstić information content (AvgIpc) is 3.35. The SMILES string of the molecule is COc1ccc(-c2cn(C[C@H]3Cc4c(c(OC)c5c(OC)cccc5c4OC)[C@@H](C)O3)nn2)cc1. The van der Waals surface area contributed by atoms with E-state index in [1.54, 1.807) is 28.4 Å². The highest BCUT2D eigenvalue weighted by atomic mass is 16.5. The molecular formula is C27H29N3O5. The zero-order chi connectivity index (χ0) is 24.5. The molecule has 0 fully saturated rings. The number of methoxy groups -OCH3 is 4. The Hall–Kier alpha value is -3.78. The molecule has 0 amide bonds. The zero-order valence-electron chi connectivity index (χ0n) is 20.6. The molecular weight excluding hydrogens is 446 g/mol. The number of nitrogens with zero attached hydrogens (tertiary/aromatic N) is 3. The Balaban J connectivity index is 1.48. The van der Waals surface area contributed by atoms with Gasteiger partial charge in [-0.2, -0.15) is 0 Å². The van der Waals surface area contributed by atoms with Gasteiger partial charge in [0.1, 0.15) is 28.7 Å². The second-order valence-corrected chi connectivity index (χ2v) is 8.50. The summed E-state index contributed by atoms with van der Waals surface area (Å²) < 4.78 is 31.0. The van der Waals surface area contributed by atoms with Crippen molar-refractivity contribution in [3.8, 4) is 34.3 Å². The van der Waals surface area contributed by atoms with E-state index < -0.39 is 0 Å². The van der Waals surface area contributed by atoms with Crippen LogP contribution in [-0.4, -0.2) is 49.5 Å². The maximum Gasteiger partial charge on any atom is 0.136 e. The molecule has 0 spiro atoms. The van der Waals surface area contributed by atoms with Crippen LogP contribution in [0.25, 0.3) is 22.0 Å². The van der Waals surface area contributed by atoms with Crippen LogP contribution in [-0.2, 0) is 17.7 Å². The van der Waals surface area contributed by atoms with Gasteiger partial charge in [0.25, 0.3) is 0 Å². The smallest absolute Gasteiger partial charge is 0.136 e. The number of hydrogen-bond acceptors (Lipinski definition) is 7. The van der Waals surface area contributed by atoms with Crippen molar-refractivity contribution in [3.63, 3.8) is 0 Å². The van der Waals surface area contributed by atoms with E-state index in [2.05, 4.69) is 10.3 Å². The Morgan fingerprint density at radius 3 is 2.40 bits per heavy atom. The van der Waals surface area contributed by atoms with E-state index in [0.29, 0.717) is 13.0 Å². The first kappa shape index (κ1) is 23.0. The van der Waals surface area contributed by atoms with E-state index in [0.717, 1.165) is 56.2 Å². The predicted octanol–water partition coefficient (Wildman–Crippen LogP) is 4.84. The molecule has 3 aromatic carbocycles. The van der Waals surface area contributed by atoms with Crippen LogP contribution >= 0.6 is 0 Å². The molecule has 4 aromatic rings. The minimum absolute atomic E-state index is 0.107. The van der Waals surface area contributed by atoms with Crippen molar-refractivity contribution < 1.29 is 23.7 Å². The minimum Gasteiger partial charge on any atom is -0.497 e. The van der Waals surface area contributed by atoms with Gasteiger partial charge < -0.3 is 23.7 Å². The molecule has 5 rings (SSSR count). The van der Waals surface area contributed by atoms with E-state index in [4.69, 9.17) is 23.7 Å². The first-order valence-corrected chi connectivity index (χ1v) is 11.5. The van der Waals surface area contributed by atoms with Crippen LogP contribution in [0.5, 0.6) is 23.0 Å². The summed E-state index contributed by atoms with van der Waals surface area (Å²) in [5.74, 6) is 3.14. The maximum absolute atomic E-state index is 6.44. The minimum atomic E-state index is -0.202. The molecule has 2 atom stereocenters. The third kappa shape index (κ3) is 4.04. The number of rotatable bonds is 7. The molecule has 0 aliphatic carbocycles. The molecule has 0 saturated heterocycles. The Bertz CT molecular complexity index is 1350. The zero-order valence-corrected chi connectivity index (χ0v) is 20.6. The Kier molecular flexibility index (Phi) is 6.21. The van der Waals surface area contributed by atoms with Crippen molar-refractivity contribution >= 4 is 10.8 Å². The summed E-state index contributed by atoms with van der Waals surface area (Å²) in [5.41, 5.74) is 3.86. The molecule has 1 aliphatic heterocycles. The van der Waals surface area contributed by atoms with Gasteiger partial charge in [-0.05, 0) is 37.3 Å². The van der Waals surface area contributed by atoms with Crippen molar-refractivity contribution in [3.05, 3.63) is 59.8 Å². The van der Waals surface area contributed by atoms with Crippen LogP contribution < -0.4 is 18.9 Å². The maximum atomic E-state index is 6.44. The normalized spacial score (nSPS) is 17.2. The lowest BCUT2D eigenvalue weighted by atomic mass is 9.89. The van der Waals surface area contributed by atoms with Crippen LogP contribution in [0.2, 0.25) is 0 Å². The Morgan fingerprint density at radius 2 is 1.71 bits per heavy atom. The molecule has 0 unspecified atom stereocenters. The van der Waals surface area contributed by atoms with E-state index in [9.17, 15) is 0 Å². The van der Waals surface area contributed by atoms with Crippen molar-refractivity contribution in [2.45, 2.75) is 32.1 Å². The Labute approximate surface area is 204 Å². The third-order valence-electron chi connectivity index (χ3n) is 6.52. The second kappa shape index (κ2) is 9.46. The molecule has 35 heavy (non-hydrogen) atoms. The summed E-state index contributed by atoms with van der Waals surface area (Å²) in [7, 11) is 6.70. The standard InChI is InChI=1S/C27H29N3O5/c1-16-24-21(26(33-4)20-7-6-8-23(32-3)25(20)27(24)34-5)13-19(35-16)14-30-15-22(28-29-30)17-9-11-18(31-2)12-10-17/h6-12,15-16,19H,13-14H2,1-5H3/t16-,19-/m1/s1. The molecule has 0 N–H and O–H groups in total. The average molecular weight is 476 g/mol. The lowest BCUT2D eigenvalue weighted by Gasteiger charge is -2.33. The largest absolute Gasteiger partial charge is 0.497 e. The fourth-order valence-corrected chi connectivity index (χ4v) is 4.99. The summed E-state index contributed by atoms with van der Waals surface area (Å²) in [6.07, 6.45) is 2.29. The number of aromatic nitrogens is 3. The summed E-state index contributed by atoms with van der Waals surface area (Å²) in [5, 5.41) is 10.5. The number of fused-ring (bicyclic) bond motifs is 2. The third-order valence-corrected chi connectivity index (χ3v) is 6.52. The lowest BCUT2D eigenvalue weighted by molar-refractivity contribution is -0.0274. The van der Waals surface area contributed by atoms with Crippen LogP contribution in [0.1, 0.15) is 24.2 Å². The quantitative estimate of drug-likeness (QED) is 0.379. The van der Waals surface area contributed by atoms with Crippen LogP contribution in [0.4, 0.5) is 0 Å². The van der Waals surface area contributed by atoms with Gasteiger partial charge in [0.2, 0.25) is 0 Å². The summed E-state index contributed by atoms with van der Waals surface area (Å²) >= 11 is 0. The molecule has 0 saturated carbocycles.